The molecular weight excluding hydrogens is 626 g/mol. The maximum absolute atomic E-state index is 14.4. The van der Waals surface area contributed by atoms with Gasteiger partial charge in [-0.1, -0.05) is 25.1 Å². The van der Waals surface area contributed by atoms with Gasteiger partial charge < -0.3 is 45.1 Å². The van der Waals surface area contributed by atoms with E-state index in [-0.39, 0.29) is 49.2 Å². The number of nitrogens with zero attached hydrogens (tertiary/aromatic N) is 2. The second kappa shape index (κ2) is 18.1. The lowest BCUT2D eigenvalue weighted by Crippen LogP contribution is -2.48. The summed E-state index contributed by atoms with van der Waals surface area (Å²) in [5.41, 5.74) is 1.94. The van der Waals surface area contributed by atoms with Crippen molar-refractivity contribution in [2.75, 3.05) is 56.4 Å². The first-order valence-corrected chi connectivity index (χ1v) is 16.7. The van der Waals surface area contributed by atoms with Gasteiger partial charge in [-0.2, -0.15) is 0 Å². The number of benzene rings is 3. The van der Waals surface area contributed by atoms with Gasteiger partial charge in [0.1, 0.15) is 11.5 Å². The van der Waals surface area contributed by atoms with Crippen molar-refractivity contribution in [2.24, 2.45) is 5.92 Å². The fourth-order valence-corrected chi connectivity index (χ4v) is 5.52. The molecule has 0 saturated carbocycles. The zero-order chi connectivity index (χ0) is 35.3. The minimum Gasteiger partial charge on any atom is -0.497 e. The average Bonchev–Trinajstić information content (AvgIpc) is 3.10. The smallest absolute Gasteiger partial charge is 0.323 e. The lowest BCUT2D eigenvalue weighted by atomic mass is 10.0. The Hall–Kier alpha value is -4.81. The summed E-state index contributed by atoms with van der Waals surface area (Å²) in [5, 5.41) is 18.7. The Labute approximate surface area is 288 Å². The van der Waals surface area contributed by atoms with Crippen LogP contribution in [0.2, 0.25) is 0 Å². The largest absolute Gasteiger partial charge is 0.497 e. The normalized spacial score (nSPS) is 19.3. The summed E-state index contributed by atoms with van der Waals surface area (Å²) in [6.45, 7) is 6.43. The number of amides is 5. The van der Waals surface area contributed by atoms with E-state index in [9.17, 15) is 19.5 Å². The molecule has 1 aliphatic heterocycles. The van der Waals surface area contributed by atoms with E-state index in [1.54, 1.807) is 85.5 Å². The Morgan fingerprint density at radius 3 is 2.35 bits per heavy atom. The summed E-state index contributed by atoms with van der Waals surface area (Å²) in [6.07, 6.45) is 1.77. The minimum absolute atomic E-state index is 0.194. The van der Waals surface area contributed by atoms with Crippen LogP contribution in [0.5, 0.6) is 11.5 Å². The van der Waals surface area contributed by atoms with Gasteiger partial charge in [-0.25, -0.2) is 9.59 Å². The number of hydrogen-bond acceptors (Lipinski definition) is 7. The van der Waals surface area contributed by atoms with Crippen molar-refractivity contribution < 1.29 is 33.7 Å². The van der Waals surface area contributed by atoms with E-state index >= 15 is 0 Å². The highest BCUT2D eigenvalue weighted by Crippen LogP contribution is 2.29. The third-order valence-electron chi connectivity index (χ3n) is 8.48. The number of aliphatic hydroxyl groups is 1. The Kier molecular flexibility index (Phi) is 13.7. The Bertz CT molecular complexity index is 1520. The van der Waals surface area contributed by atoms with Gasteiger partial charge in [0.15, 0.2) is 0 Å². The van der Waals surface area contributed by atoms with Crippen molar-refractivity contribution in [3.05, 3.63) is 78.4 Å². The van der Waals surface area contributed by atoms with Crippen LogP contribution >= 0.6 is 0 Å². The zero-order valence-corrected chi connectivity index (χ0v) is 29.0. The molecule has 0 saturated heterocycles. The molecule has 3 aromatic rings. The second-order valence-corrected chi connectivity index (χ2v) is 12.5. The van der Waals surface area contributed by atoms with Gasteiger partial charge in [-0.05, 0) is 87.7 Å². The molecule has 12 nitrogen and oxygen atoms in total. The van der Waals surface area contributed by atoms with Crippen molar-refractivity contribution in [1.29, 1.82) is 0 Å². The summed E-state index contributed by atoms with van der Waals surface area (Å²) in [6, 6.07) is 19.8. The maximum atomic E-state index is 14.4. The number of aliphatic hydroxyl groups excluding tert-OH is 1. The topological polar surface area (TPSA) is 142 Å². The molecule has 0 fully saturated rings. The summed E-state index contributed by atoms with van der Waals surface area (Å²) in [7, 11) is 3.29. The van der Waals surface area contributed by atoms with E-state index in [0.29, 0.717) is 35.2 Å². The monoisotopic (exact) mass is 675 g/mol. The van der Waals surface area contributed by atoms with E-state index in [2.05, 4.69) is 16.0 Å². The molecule has 0 radical (unpaired) electrons. The molecule has 264 valence electrons. The fourth-order valence-electron chi connectivity index (χ4n) is 5.52. The number of ether oxygens (including phenoxy) is 3. The van der Waals surface area contributed by atoms with Crippen LogP contribution in [0.4, 0.5) is 26.7 Å². The first-order valence-electron chi connectivity index (χ1n) is 16.7. The number of urea groups is 2. The number of anilines is 3. The van der Waals surface area contributed by atoms with E-state index in [1.165, 1.54) is 0 Å². The van der Waals surface area contributed by atoms with Crippen LogP contribution in [0.1, 0.15) is 50.4 Å². The van der Waals surface area contributed by atoms with Crippen LogP contribution in [-0.2, 0) is 4.74 Å². The predicted octanol–water partition coefficient (Wildman–Crippen LogP) is 6.30. The molecule has 0 unspecified atom stereocenters. The second-order valence-electron chi connectivity index (χ2n) is 12.5. The lowest BCUT2D eigenvalue weighted by molar-refractivity contribution is -0.0115. The summed E-state index contributed by atoms with van der Waals surface area (Å²) < 4.78 is 17.9. The molecule has 4 N–H and O–H groups in total. The molecular formula is C37H49N5O7. The van der Waals surface area contributed by atoms with Crippen LogP contribution in [0.15, 0.2) is 72.8 Å². The van der Waals surface area contributed by atoms with Gasteiger partial charge in [0.2, 0.25) is 0 Å². The predicted molar refractivity (Wildman–Crippen MR) is 191 cm³/mol. The standard InChI is InChI=1S/C37H49N5O7/c1-25-22-42(26(2)24-43)35(44)32-21-30(39-36(45)38-28-12-7-6-8-13-28)16-19-33(32)49-27(3)11-9-10-20-48-34(25)23-41(4)37(46)40-29-14-17-31(47-5)18-15-29/h6-8,12-19,21,25-27,34,43H,9-11,20,22-24H2,1-5H3,(H,40,46)(H2,38,39,45)/t25-,26+,27+,34+/m0/s1. The van der Waals surface area contributed by atoms with Crippen molar-refractivity contribution in [1.82, 2.24) is 9.80 Å². The Balaban J connectivity index is 1.56. The molecule has 0 aliphatic carbocycles. The number of hydrogen-bond donors (Lipinski definition) is 4. The Morgan fingerprint density at radius 1 is 0.980 bits per heavy atom. The number of likely N-dealkylation sites (N-methyl/N-ethyl adjacent to an activating group) is 1. The van der Waals surface area contributed by atoms with Crippen LogP contribution in [0.25, 0.3) is 0 Å². The van der Waals surface area contributed by atoms with Crippen molar-refractivity contribution in [2.45, 2.75) is 58.3 Å². The van der Waals surface area contributed by atoms with E-state index < -0.39 is 18.2 Å². The minimum atomic E-state index is -0.539. The highest BCUT2D eigenvalue weighted by Gasteiger charge is 2.31. The molecule has 12 heteroatoms. The van der Waals surface area contributed by atoms with Crippen molar-refractivity contribution >= 4 is 35.0 Å². The first kappa shape index (κ1) is 37.0. The molecule has 0 spiro atoms. The van der Waals surface area contributed by atoms with Gasteiger partial charge >= 0.3 is 12.1 Å². The molecule has 1 aliphatic rings. The fraction of sp³-hybridized carbons (Fsp3) is 0.432. The molecule has 0 bridgehead atoms. The summed E-state index contributed by atoms with van der Waals surface area (Å²) in [4.78, 5) is 43.5. The number of methoxy groups -OCH3 is 1. The van der Waals surface area contributed by atoms with Gasteiger partial charge in [0.05, 0.1) is 37.5 Å². The Morgan fingerprint density at radius 2 is 1.65 bits per heavy atom. The number of carbonyl (C=O) groups excluding carboxylic acids is 3. The van der Waals surface area contributed by atoms with Crippen LogP contribution in [-0.4, -0.2) is 91.6 Å². The number of para-hydroxylation sites is 1. The van der Waals surface area contributed by atoms with Gasteiger partial charge in [-0.15, -0.1) is 0 Å². The van der Waals surface area contributed by atoms with Crippen LogP contribution in [0.3, 0.4) is 0 Å². The zero-order valence-electron chi connectivity index (χ0n) is 29.0. The molecule has 1 heterocycles. The number of nitrogens with one attached hydrogen (secondary N) is 3. The molecule has 4 atom stereocenters. The maximum Gasteiger partial charge on any atom is 0.323 e. The quantitative estimate of drug-likeness (QED) is 0.220. The van der Waals surface area contributed by atoms with Crippen LogP contribution in [0, 0.1) is 5.92 Å². The van der Waals surface area contributed by atoms with Crippen LogP contribution < -0.4 is 25.4 Å². The van der Waals surface area contributed by atoms with Gasteiger partial charge in [0.25, 0.3) is 5.91 Å². The summed E-state index contributed by atoms with van der Waals surface area (Å²) in [5.74, 6) is 0.505. The first-order chi connectivity index (χ1) is 23.6. The summed E-state index contributed by atoms with van der Waals surface area (Å²) >= 11 is 0. The molecule has 5 amide bonds. The lowest BCUT2D eigenvalue weighted by Gasteiger charge is -2.35. The van der Waals surface area contributed by atoms with E-state index in [4.69, 9.17) is 14.2 Å². The third-order valence-corrected chi connectivity index (χ3v) is 8.48. The molecule has 0 aromatic heterocycles. The van der Waals surface area contributed by atoms with Gasteiger partial charge in [0, 0.05) is 49.7 Å². The molecule has 49 heavy (non-hydrogen) atoms. The number of fused-ring (bicyclic) bond motifs is 1. The molecule has 3 aromatic carbocycles. The highest BCUT2D eigenvalue weighted by atomic mass is 16.5. The average molecular weight is 676 g/mol. The van der Waals surface area contributed by atoms with Crippen molar-refractivity contribution in [3.8, 4) is 11.5 Å². The number of rotatable bonds is 8. The van der Waals surface area contributed by atoms with E-state index in [0.717, 1.165) is 19.3 Å². The highest BCUT2D eigenvalue weighted by molar-refractivity contribution is 6.02. The van der Waals surface area contributed by atoms with E-state index in [1.807, 2.05) is 32.0 Å². The van der Waals surface area contributed by atoms with Gasteiger partial charge in [-0.3, -0.25) is 4.79 Å². The third kappa shape index (κ3) is 10.8. The SMILES string of the molecule is COc1ccc(NC(=O)N(C)C[C@H]2OCCCC[C@@H](C)Oc3ccc(NC(=O)Nc4ccccc4)cc3C(=O)N([C@H](C)CO)C[C@@H]2C)cc1. The van der Waals surface area contributed by atoms with Crippen molar-refractivity contribution in [3.63, 3.8) is 0 Å². The molecule has 4 rings (SSSR count). The number of carbonyl (C=O) groups is 3.